The average Bonchev–Trinajstić information content (AvgIpc) is 2.61. The third-order valence-electron chi connectivity index (χ3n) is 4.55. The van der Waals surface area contributed by atoms with Crippen molar-refractivity contribution in [3.63, 3.8) is 0 Å². The number of likely N-dealkylation sites (tertiary alicyclic amines) is 1. The first-order valence-electron chi connectivity index (χ1n) is 8.65. The molecule has 1 unspecified atom stereocenters. The van der Waals surface area contributed by atoms with Gasteiger partial charge in [-0.1, -0.05) is 36.8 Å². The number of pyridine rings is 1. The van der Waals surface area contributed by atoms with Crippen LogP contribution in [0.2, 0.25) is 0 Å². The van der Waals surface area contributed by atoms with E-state index >= 15 is 0 Å². The minimum absolute atomic E-state index is 0.0908. The first-order chi connectivity index (χ1) is 11.6. The third kappa shape index (κ3) is 4.13. The first-order valence-corrected chi connectivity index (χ1v) is 8.65. The van der Waals surface area contributed by atoms with Gasteiger partial charge in [-0.25, -0.2) is 0 Å². The number of anilines is 1. The summed E-state index contributed by atoms with van der Waals surface area (Å²) in [6.07, 6.45) is 5.73. The molecular formula is C20H25N3O. The molecule has 0 radical (unpaired) electrons. The molecule has 126 valence electrons. The number of hydrogen-bond acceptors (Lipinski definition) is 3. The van der Waals surface area contributed by atoms with E-state index in [9.17, 15) is 4.79 Å². The van der Waals surface area contributed by atoms with Gasteiger partial charge in [0.25, 0.3) is 5.91 Å². The number of amides is 1. The van der Waals surface area contributed by atoms with Crippen molar-refractivity contribution in [2.75, 3.05) is 18.4 Å². The molecule has 24 heavy (non-hydrogen) atoms. The molecule has 4 nitrogen and oxygen atoms in total. The first kappa shape index (κ1) is 16.5. The maximum Gasteiger partial charge on any atom is 0.255 e. The smallest absolute Gasteiger partial charge is 0.255 e. The standard InChI is InChI=1S/C20H25N3O/c1-15-5-7-17(8-6-15)11-22-19-10-18(12-21-13-19)20(24)23-9-3-4-16(2)14-23/h5-8,10,12-13,16,22H,3-4,9,11,14H2,1-2H3. The second-order valence-corrected chi connectivity index (χ2v) is 6.80. The molecule has 2 heterocycles. The van der Waals surface area contributed by atoms with Crippen LogP contribution in [0.15, 0.2) is 42.7 Å². The van der Waals surface area contributed by atoms with Gasteiger partial charge in [0.15, 0.2) is 0 Å². The molecular weight excluding hydrogens is 298 g/mol. The van der Waals surface area contributed by atoms with Gasteiger partial charge < -0.3 is 10.2 Å². The summed E-state index contributed by atoms with van der Waals surface area (Å²) < 4.78 is 0. The summed E-state index contributed by atoms with van der Waals surface area (Å²) in [5, 5.41) is 3.35. The van der Waals surface area contributed by atoms with Gasteiger partial charge in [0.2, 0.25) is 0 Å². The van der Waals surface area contributed by atoms with Crippen molar-refractivity contribution < 1.29 is 4.79 Å². The van der Waals surface area contributed by atoms with Crippen molar-refractivity contribution in [3.05, 3.63) is 59.4 Å². The summed E-state index contributed by atoms with van der Waals surface area (Å²) >= 11 is 0. The monoisotopic (exact) mass is 323 g/mol. The van der Waals surface area contributed by atoms with E-state index < -0.39 is 0 Å². The number of benzene rings is 1. The van der Waals surface area contributed by atoms with Gasteiger partial charge in [-0.3, -0.25) is 9.78 Å². The van der Waals surface area contributed by atoms with Gasteiger partial charge in [-0.2, -0.15) is 0 Å². The molecule has 0 bridgehead atoms. The summed E-state index contributed by atoms with van der Waals surface area (Å²) in [5.74, 6) is 0.673. The lowest BCUT2D eigenvalue weighted by molar-refractivity contribution is 0.0682. The summed E-state index contributed by atoms with van der Waals surface area (Å²) in [6.45, 7) is 6.71. The summed E-state index contributed by atoms with van der Waals surface area (Å²) in [5.41, 5.74) is 4.01. The molecule has 1 aromatic heterocycles. The molecule has 1 saturated heterocycles. The van der Waals surface area contributed by atoms with E-state index in [0.29, 0.717) is 11.5 Å². The molecule has 3 rings (SSSR count). The van der Waals surface area contributed by atoms with Crippen LogP contribution in [-0.4, -0.2) is 28.9 Å². The fourth-order valence-electron chi connectivity index (χ4n) is 3.12. The van der Waals surface area contributed by atoms with Gasteiger partial charge in [-0.15, -0.1) is 0 Å². The van der Waals surface area contributed by atoms with Gasteiger partial charge >= 0.3 is 0 Å². The van der Waals surface area contributed by atoms with E-state index in [2.05, 4.69) is 48.4 Å². The van der Waals surface area contributed by atoms with E-state index in [1.807, 2.05) is 11.0 Å². The van der Waals surface area contributed by atoms with E-state index in [4.69, 9.17) is 0 Å². The van der Waals surface area contributed by atoms with Crippen LogP contribution < -0.4 is 5.32 Å². The number of piperidine rings is 1. The summed E-state index contributed by atoms with van der Waals surface area (Å²) in [7, 11) is 0. The number of aromatic nitrogens is 1. The molecule has 2 aromatic rings. The molecule has 1 aliphatic heterocycles. The Kier molecular flexibility index (Phi) is 5.14. The van der Waals surface area contributed by atoms with E-state index in [1.54, 1.807) is 12.4 Å². The molecule has 4 heteroatoms. The SMILES string of the molecule is Cc1ccc(CNc2cncc(C(=O)N3CCCC(C)C3)c2)cc1. The fourth-order valence-corrected chi connectivity index (χ4v) is 3.12. The minimum atomic E-state index is 0.0908. The van der Waals surface area contributed by atoms with Crippen molar-refractivity contribution in [2.45, 2.75) is 33.2 Å². The predicted molar refractivity (Wildman–Crippen MR) is 97.0 cm³/mol. The second kappa shape index (κ2) is 7.47. The lowest BCUT2D eigenvalue weighted by atomic mass is 10.00. The number of nitrogens with zero attached hydrogens (tertiary/aromatic N) is 2. The van der Waals surface area contributed by atoms with E-state index in [-0.39, 0.29) is 5.91 Å². The van der Waals surface area contributed by atoms with Crippen molar-refractivity contribution in [3.8, 4) is 0 Å². The number of nitrogens with one attached hydrogen (secondary N) is 1. The highest BCUT2D eigenvalue weighted by Crippen LogP contribution is 2.19. The van der Waals surface area contributed by atoms with Crippen molar-refractivity contribution in [1.82, 2.24) is 9.88 Å². The van der Waals surface area contributed by atoms with Crippen LogP contribution in [0.5, 0.6) is 0 Å². The highest BCUT2D eigenvalue weighted by Gasteiger charge is 2.22. The maximum atomic E-state index is 12.7. The molecule has 1 aromatic carbocycles. The van der Waals surface area contributed by atoms with Crippen LogP contribution in [0, 0.1) is 12.8 Å². The number of carbonyl (C=O) groups is 1. The lowest BCUT2D eigenvalue weighted by Crippen LogP contribution is -2.39. The van der Waals surface area contributed by atoms with Crippen LogP contribution >= 0.6 is 0 Å². The zero-order valence-electron chi connectivity index (χ0n) is 14.5. The van der Waals surface area contributed by atoms with Gasteiger partial charge in [-0.05, 0) is 37.3 Å². The van der Waals surface area contributed by atoms with Crippen molar-refractivity contribution >= 4 is 11.6 Å². The Balaban J connectivity index is 1.65. The average molecular weight is 323 g/mol. The quantitative estimate of drug-likeness (QED) is 0.929. The molecule has 0 aliphatic carbocycles. The number of hydrogen-bond donors (Lipinski definition) is 1. The highest BCUT2D eigenvalue weighted by atomic mass is 16.2. The van der Waals surface area contributed by atoms with Gasteiger partial charge in [0.1, 0.15) is 0 Å². The maximum absolute atomic E-state index is 12.7. The molecule has 0 spiro atoms. The normalized spacial score (nSPS) is 17.6. The van der Waals surface area contributed by atoms with Crippen LogP contribution in [0.4, 0.5) is 5.69 Å². The molecule has 0 saturated carbocycles. The topological polar surface area (TPSA) is 45.2 Å². The van der Waals surface area contributed by atoms with Crippen molar-refractivity contribution in [2.24, 2.45) is 5.92 Å². The Morgan fingerprint density at radius 2 is 2.08 bits per heavy atom. The zero-order chi connectivity index (χ0) is 16.9. The Labute approximate surface area is 143 Å². The number of aryl methyl sites for hydroxylation is 1. The Hall–Kier alpha value is -2.36. The molecule has 1 N–H and O–H groups in total. The zero-order valence-corrected chi connectivity index (χ0v) is 14.5. The van der Waals surface area contributed by atoms with E-state index in [0.717, 1.165) is 31.7 Å². The van der Waals surface area contributed by atoms with E-state index in [1.165, 1.54) is 17.5 Å². The summed E-state index contributed by atoms with van der Waals surface area (Å²) in [6, 6.07) is 10.3. The second-order valence-electron chi connectivity index (χ2n) is 6.80. The number of rotatable bonds is 4. The fraction of sp³-hybridized carbons (Fsp3) is 0.400. The molecule has 1 aliphatic rings. The Morgan fingerprint density at radius 1 is 1.29 bits per heavy atom. The minimum Gasteiger partial charge on any atom is -0.380 e. The molecule has 1 fully saturated rings. The van der Waals surface area contributed by atoms with Crippen molar-refractivity contribution in [1.29, 1.82) is 0 Å². The van der Waals surface area contributed by atoms with Gasteiger partial charge in [0, 0.05) is 32.0 Å². The van der Waals surface area contributed by atoms with Gasteiger partial charge in [0.05, 0.1) is 11.3 Å². The third-order valence-corrected chi connectivity index (χ3v) is 4.55. The Bertz CT molecular complexity index is 696. The van der Waals surface area contributed by atoms with Crippen LogP contribution in [-0.2, 0) is 6.54 Å². The van der Waals surface area contributed by atoms with Crippen LogP contribution in [0.3, 0.4) is 0 Å². The molecule has 1 amide bonds. The molecule has 1 atom stereocenters. The van der Waals surface area contributed by atoms with Crippen LogP contribution in [0.25, 0.3) is 0 Å². The summed E-state index contributed by atoms with van der Waals surface area (Å²) in [4.78, 5) is 18.9. The highest BCUT2D eigenvalue weighted by molar-refractivity contribution is 5.94. The largest absolute Gasteiger partial charge is 0.380 e. The van der Waals surface area contributed by atoms with Crippen LogP contribution in [0.1, 0.15) is 41.3 Å². The predicted octanol–water partition coefficient (Wildman–Crippen LogP) is 3.87. The lowest BCUT2D eigenvalue weighted by Gasteiger charge is -2.31. The Morgan fingerprint density at radius 3 is 2.83 bits per heavy atom. The number of carbonyl (C=O) groups excluding carboxylic acids is 1.